The van der Waals surface area contributed by atoms with Crippen molar-refractivity contribution in [1.29, 1.82) is 0 Å². The maximum absolute atomic E-state index is 12.9. The summed E-state index contributed by atoms with van der Waals surface area (Å²) in [6.07, 6.45) is 9.56. The van der Waals surface area contributed by atoms with Gasteiger partial charge in [-0.2, -0.15) is 5.10 Å². The van der Waals surface area contributed by atoms with Crippen molar-refractivity contribution in [2.45, 2.75) is 69.9 Å². The molecule has 0 aliphatic heterocycles. The quantitative estimate of drug-likeness (QED) is 0.787. The lowest BCUT2D eigenvalue weighted by molar-refractivity contribution is 0.0909. The second-order valence-corrected chi connectivity index (χ2v) is 8.11. The molecule has 28 heavy (non-hydrogen) atoms. The fraction of sp³-hybridized carbons (Fsp3) is 0.545. The Balaban J connectivity index is 1.49. The summed E-state index contributed by atoms with van der Waals surface area (Å²) in [7, 11) is 5.69. The third kappa shape index (κ3) is 4.02. The van der Waals surface area contributed by atoms with Crippen LogP contribution in [-0.2, 0) is 12.8 Å². The fourth-order valence-corrected chi connectivity index (χ4v) is 4.54. The summed E-state index contributed by atoms with van der Waals surface area (Å²) >= 11 is 0. The molecule has 0 bridgehead atoms. The molecule has 0 saturated heterocycles. The Labute approximate surface area is 167 Å². The molecule has 0 spiro atoms. The minimum Gasteiger partial charge on any atom is -0.387 e. The third-order valence-electron chi connectivity index (χ3n) is 6.12. The van der Waals surface area contributed by atoms with Crippen LogP contribution in [0.2, 0.25) is 0 Å². The van der Waals surface area contributed by atoms with Gasteiger partial charge < -0.3 is 10.4 Å². The zero-order chi connectivity index (χ0) is 19.5. The summed E-state index contributed by atoms with van der Waals surface area (Å²) < 4.78 is 2.17. The summed E-state index contributed by atoms with van der Waals surface area (Å²) in [5.41, 5.74) is 4.34. The smallest absolute Gasteiger partial charge is 0.272 e. The van der Waals surface area contributed by atoms with Gasteiger partial charge in [-0.3, -0.25) is 9.48 Å². The standard InChI is InChI=1S/C22H28BN3O2/c23-16-12-10-15(11-13-16)20(27)14-24-22(28)21-18-8-4-5-9-19(18)26(25-21)17-6-2-1-3-7-17/h10-13,17,20,27H,1-9,14H2,(H,24,28). The van der Waals surface area contributed by atoms with Crippen LogP contribution < -0.4 is 10.8 Å². The van der Waals surface area contributed by atoms with Gasteiger partial charge in [-0.15, -0.1) is 0 Å². The SMILES string of the molecule is [B]c1ccc(C(O)CNC(=O)c2nn(C3CCCCC3)c3c2CCCC3)cc1. The van der Waals surface area contributed by atoms with Gasteiger partial charge in [-0.25, -0.2) is 0 Å². The van der Waals surface area contributed by atoms with Crippen LogP contribution in [0.3, 0.4) is 0 Å². The predicted octanol–water partition coefficient (Wildman–Crippen LogP) is 2.52. The van der Waals surface area contributed by atoms with Gasteiger partial charge in [-0.1, -0.05) is 49.0 Å². The number of rotatable bonds is 5. The number of aliphatic hydroxyl groups excluding tert-OH is 1. The zero-order valence-corrected chi connectivity index (χ0v) is 16.4. The number of carbonyl (C=O) groups is 1. The molecule has 1 unspecified atom stereocenters. The van der Waals surface area contributed by atoms with Crippen molar-refractivity contribution in [3.8, 4) is 0 Å². The van der Waals surface area contributed by atoms with Crippen molar-refractivity contribution in [1.82, 2.24) is 15.1 Å². The van der Waals surface area contributed by atoms with E-state index in [1.165, 1.54) is 31.4 Å². The molecule has 146 valence electrons. The normalized spacial score (nSPS) is 18.5. The number of nitrogens with one attached hydrogen (secondary N) is 1. The molecule has 1 aromatic carbocycles. The van der Waals surface area contributed by atoms with E-state index in [1.807, 2.05) is 0 Å². The average molecular weight is 377 g/mol. The van der Waals surface area contributed by atoms with Gasteiger partial charge in [0.2, 0.25) is 0 Å². The van der Waals surface area contributed by atoms with Gasteiger partial charge in [0.1, 0.15) is 7.85 Å². The Morgan fingerprint density at radius 1 is 1.14 bits per heavy atom. The Morgan fingerprint density at radius 3 is 2.61 bits per heavy atom. The first-order chi connectivity index (χ1) is 13.6. The molecule has 4 rings (SSSR count). The second-order valence-electron chi connectivity index (χ2n) is 8.11. The van der Waals surface area contributed by atoms with Crippen molar-refractivity contribution in [2.75, 3.05) is 6.54 Å². The molecule has 6 heteroatoms. The fourth-order valence-electron chi connectivity index (χ4n) is 4.54. The van der Waals surface area contributed by atoms with Gasteiger partial charge in [-0.05, 0) is 44.1 Å². The van der Waals surface area contributed by atoms with Crippen LogP contribution in [0, 0.1) is 0 Å². The van der Waals surface area contributed by atoms with Crippen molar-refractivity contribution >= 4 is 19.2 Å². The molecular weight excluding hydrogens is 349 g/mol. The number of amides is 1. The second kappa shape index (κ2) is 8.52. The van der Waals surface area contributed by atoms with Gasteiger partial charge in [0.05, 0.1) is 12.1 Å². The first-order valence-electron chi connectivity index (χ1n) is 10.6. The molecule has 1 atom stereocenters. The number of carbonyl (C=O) groups excluding carboxylic acids is 1. The first-order valence-corrected chi connectivity index (χ1v) is 10.6. The molecule has 2 aliphatic rings. The van der Waals surface area contributed by atoms with E-state index >= 15 is 0 Å². The highest BCUT2D eigenvalue weighted by Crippen LogP contribution is 2.33. The number of benzene rings is 1. The van der Waals surface area contributed by atoms with E-state index in [1.54, 1.807) is 24.3 Å². The van der Waals surface area contributed by atoms with Crippen LogP contribution in [-0.4, -0.2) is 35.2 Å². The highest BCUT2D eigenvalue weighted by molar-refractivity contribution is 6.32. The third-order valence-corrected chi connectivity index (χ3v) is 6.12. The van der Waals surface area contributed by atoms with Gasteiger partial charge in [0.25, 0.3) is 5.91 Å². The molecule has 1 aromatic heterocycles. The average Bonchev–Trinajstić information content (AvgIpc) is 3.13. The van der Waals surface area contributed by atoms with Crippen molar-refractivity contribution in [2.24, 2.45) is 0 Å². The summed E-state index contributed by atoms with van der Waals surface area (Å²) in [6.45, 7) is 0.161. The Morgan fingerprint density at radius 2 is 1.86 bits per heavy atom. The van der Waals surface area contributed by atoms with E-state index in [9.17, 15) is 9.90 Å². The Bertz CT molecular complexity index is 825. The summed E-state index contributed by atoms with van der Waals surface area (Å²) in [4.78, 5) is 12.9. The molecule has 2 radical (unpaired) electrons. The van der Waals surface area contributed by atoms with Gasteiger partial charge >= 0.3 is 0 Å². The molecule has 1 saturated carbocycles. The maximum Gasteiger partial charge on any atom is 0.272 e. The molecule has 1 amide bonds. The number of hydrogen-bond donors (Lipinski definition) is 2. The highest BCUT2D eigenvalue weighted by atomic mass is 16.3. The number of aliphatic hydroxyl groups is 1. The van der Waals surface area contributed by atoms with E-state index in [2.05, 4.69) is 10.00 Å². The van der Waals surface area contributed by atoms with E-state index in [-0.39, 0.29) is 12.5 Å². The maximum atomic E-state index is 12.9. The molecule has 5 nitrogen and oxygen atoms in total. The van der Waals surface area contributed by atoms with Crippen LogP contribution in [0.15, 0.2) is 24.3 Å². The molecule has 2 aromatic rings. The zero-order valence-electron chi connectivity index (χ0n) is 16.4. The van der Waals surface area contributed by atoms with Crippen LogP contribution in [0.1, 0.15) is 84.4 Å². The largest absolute Gasteiger partial charge is 0.387 e. The number of aromatic nitrogens is 2. The van der Waals surface area contributed by atoms with Crippen LogP contribution in [0.25, 0.3) is 0 Å². The Hall–Kier alpha value is -2.08. The van der Waals surface area contributed by atoms with Crippen molar-refractivity contribution in [3.63, 3.8) is 0 Å². The van der Waals surface area contributed by atoms with E-state index in [4.69, 9.17) is 12.9 Å². The van der Waals surface area contributed by atoms with Gasteiger partial charge in [0.15, 0.2) is 5.69 Å². The predicted molar refractivity (Wildman–Crippen MR) is 110 cm³/mol. The lowest BCUT2D eigenvalue weighted by atomic mass is 9.92. The summed E-state index contributed by atoms with van der Waals surface area (Å²) in [6, 6.07) is 7.51. The number of nitrogens with zero attached hydrogens (tertiary/aromatic N) is 2. The Kier molecular flexibility index (Phi) is 5.86. The summed E-state index contributed by atoms with van der Waals surface area (Å²) in [5.74, 6) is -0.179. The topological polar surface area (TPSA) is 67.2 Å². The van der Waals surface area contributed by atoms with Crippen LogP contribution in [0.4, 0.5) is 0 Å². The van der Waals surface area contributed by atoms with Crippen LogP contribution >= 0.6 is 0 Å². The monoisotopic (exact) mass is 377 g/mol. The molecule has 2 aliphatic carbocycles. The van der Waals surface area contributed by atoms with E-state index in [0.717, 1.165) is 43.2 Å². The van der Waals surface area contributed by atoms with Gasteiger partial charge in [0, 0.05) is 17.8 Å². The molecule has 1 fully saturated rings. The highest BCUT2D eigenvalue weighted by Gasteiger charge is 2.28. The van der Waals surface area contributed by atoms with E-state index < -0.39 is 6.10 Å². The molecule has 2 N–H and O–H groups in total. The number of hydrogen-bond acceptors (Lipinski definition) is 3. The molecule has 1 heterocycles. The van der Waals surface area contributed by atoms with Crippen LogP contribution in [0.5, 0.6) is 0 Å². The number of fused-ring (bicyclic) bond motifs is 1. The minimum atomic E-state index is -0.763. The van der Waals surface area contributed by atoms with Crippen molar-refractivity contribution < 1.29 is 9.90 Å². The summed E-state index contributed by atoms with van der Waals surface area (Å²) in [5, 5.41) is 18.0. The molecular formula is C22H28BN3O2. The van der Waals surface area contributed by atoms with E-state index in [0.29, 0.717) is 17.2 Å². The lowest BCUT2D eigenvalue weighted by Gasteiger charge is -2.25. The first kappa shape index (κ1) is 19.3. The minimum absolute atomic E-state index is 0.161. The van der Waals surface area contributed by atoms with Crippen molar-refractivity contribution in [3.05, 3.63) is 46.8 Å². The lowest BCUT2D eigenvalue weighted by Crippen LogP contribution is -2.29.